The highest BCUT2D eigenvalue weighted by atomic mass is 19.1. The number of aromatic nitrogens is 3. The molecule has 25 heavy (non-hydrogen) atoms. The Morgan fingerprint density at radius 1 is 1.20 bits per heavy atom. The molecule has 132 valence electrons. The van der Waals surface area contributed by atoms with Gasteiger partial charge in [-0.05, 0) is 18.4 Å². The van der Waals surface area contributed by atoms with Gasteiger partial charge in [0.2, 0.25) is 5.91 Å². The Bertz CT molecular complexity index is 782. The summed E-state index contributed by atoms with van der Waals surface area (Å²) in [5.41, 5.74) is 3.24. The summed E-state index contributed by atoms with van der Waals surface area (Å²) in [6.07, 6.45) is 7.39. The number of aryl methyl sites for hydroxylation is 2. The van der Waals surface area contributed by atoms with Crippen LogP contribution in [-0.4, -0.2) is 51.8 Å². The molecule has 1 unspecified atom stereocenters. The second-order valence-corrected chi connectivity index (χ2v) is 6.85. The molecule has 0 radical (unpaired) electrons. The van der Waals surface area contributed by atoms with Gasteiger partial charge >= 0.3 is 0 Å². The van der Waals surface area contributed by atoms with Crippen molar-refractivity contribution in [2.75, 3.05) is 31.1 Å². The Hall–Kier alpha value is -2.44. The molecule has 2 aromatic heterocycles. The Kier molecular flexibility index (Phi) is 4.15. The normalized spacial score (nSPS) is 20.5. The second kappa shape index (κ2) is 6.46. The van der Waals surface area contributed by atoms with Crippen LogP contribution in [0.1, 0.15) is 17.7 Å². The topological polar surface area (TPSA) is 54.3 Å². The second-order valence-electron chi connectivity index (χ2n) is 6.85. The van der Waals surface area contributed by atoms with Crippen molar-refractivity contribution >= 4 is 11.6 Å². The highest BCUT2D eigenvalue weighted by Gasteiger charge is 2.31. The first kappa shape index (κ1) is 16.1. The highest BCUT2D eigenvalue weighted by Crippen LogP contribution is 2.27. The van der Waals surface area contributed by atoms with E-state index in [2.05, 4.69) is 15.0 Å². The van der Waals surface area contributed by atoms with Gasteiger partial charge < -0.3 is 9.80 Å². The van der Waals surface area contributed by atoms with Crippen LogP contribution in [0.3, 0.4) is 0 Å². The molecular formula is C18H22FN5O. The third-order valence-corrected chi connectivity index (χ3v) is 5.35. The van der Waals surface area contributed by atoms with E-state index in [0.29, 0.717) is 26.2 Å². The first-order valence-corrected chi connectivity index (χ1v) is 8.76. The SMILES string of the molecule is Cn1ncc2c1CC(C(=O)N1CCN(c3cncc(F)c3)CC1)CC2. The molecule has 0 spiro atoms. The number of piperazine rings is 1. The van der Waals surface area contributed by atoms with Crippen molar-refractivity contribution in [3.63, 3.8) is 0 Å². The number of anilines is 1. The highest BCUT2D eigenvalue weighted by molar-refractivity contribution is 5.79. The summed E-state index contributed by atoms with van der Waals surface area (Å²) in [7, 11) is 1.94. The van der Waals surface area contributed by atoms with Gasteiger partial charge in [0.1, 0.15) is 5.82 Å². The minimum atomic E-state index is -0.329. The third-order valence-electron chi connectivity index (χ3n) is 5.35. The summed E-state index contributed by atoms with van der Waals surface area (Å²) >= 11 is 0. The lowest BCUT2D eigenvalue weighted by Gasteiger charge is -2.38. The predicted molar refractivity (Wildman–Crippen MR) is 91.7 cm³/mol. The summed E-state index contributed by atoms with van der Waals surface area (Å²) in [6.45, 7) is 2.76. The van der Waals surface area contributed by atoms with Crippen molar-refractivity contribution in [3.05, 3.63) is 41.7 Å². The van der Waals surface area contributed by atoms with Crippen LogP contribution in [0.15, 0.2) is 24.7 Å². The average molecular weight is 343 g/mol. The van der Waals surface area contributed by atoms with Crippen LogP contribution in [0.5, 0.6) is 0 Å². The first-order chi connectivity index (χ1) is 12.1. The van der Waals surface area contributed by atoms with Crippen molar-refractivity contribution < 1.29 is 9.18 Å². The molecule has 2 aromatic rings. The third kappa shape index (κ3) is 3.10. The maximum Gasteiger partial charge on any atom is 0.226 e. The number of hydrogen-bond acceptors (Lipinski definition) is 4. The van der Waals surface area contributed by atoms with E-state index in [0.717, 1.165) is 24.9 Å². The molecule has 1 fully saturated rings. The minimum absolute atomic E-state index is 0.0466. The van der Waals surface area contributed by atoms with Gasteiger partial charge in [-0.1, -0.05) is 0 Å². The van der Waals surface area contributed by atoms with Gasteiger partial charge in [0.05, 0.1) is 24.3 Å². The lowest BCUT2D eigenvalue weighted by Crippen LogP contribution is -2.51. The number of halogens is 1. The molecule has 4 rings (SSSR count). The van der Waals surface area contributed by atoms with E-state index < -0.39 is 0 Å². The maximum absolute atomic E-state index is 13.3. The zero-order valence-electron chi connectivity index (χ0n) is 14.4. The average Bonchev–Trinajstić information content (AvgIpc) is 3.02. The van der Waals surface area contributed by atoms with Gasteiger partial charge in [0.25, 0.3) is 0 Å². The van der Waals surface area contributed by atoms with Gasteiger partial charge in [0, 0.05) is 57.3 Å². The quantitative estimate of drug-likeness (QED) is 0.827. The van der Waals surface area contributed by atoms with E-state index in [4.69, 9.17) is 0 Å². The molecule has 0 aromatic carbocycles. The van der Waals surface area contributed by atoms with Crippen LogP contribution in [-0.2, 0) is 24.7 Å². The van der Waals surface area contributed by atoms with E-state index in [1.54, 1.807) is 6.20 Å². The molecule has 1 amide bonds. The Balaban J connectivity index is 1.38. The van der Waals surface area contributed by atoms with Crippen molar-refractivity contribution in [2.45, 2.75) is 19.3 Å². The number of pyridine rings is 1. The number of carbonyl (C=O) groups is 1. The van der Waals surface area contributed by atoms with Gasteiger partial charge in [-0.3, -0.25) is 14.5 Å². The largest absolute Gasteiger partial charge is 0.367 e. The number of amides is 1. The molecule has 1 aliphatic heterocycles. The number of hydrogen-bond donors (Lipinski definition) is 0. The Morgan fingerprint density at radius 2 is 2.00 bits per heavy atom. The van der Waals surface area contributed by atoms with Gasteiger partial charge in [0.15, 0.2) is 0 Å². The minimum Gasteiger partial charge on any atom is -0.367 e. The number of nitrogens with zero attached hydrogens (tertiary/aromatic N) is 5. The summed E-state index contributed by atoms with van der Waals surface area (Å²) in [4.78, 5) is 20.8. The zero-order chi connectivity index (χ0) is 17.4. The molecule has 1 atom stereocenters. The fraction of sp³-hybridized carbons (Fsp3) is 0.500. The van der Waals surface area contributed by atoms with E-state index in [1.807, 2.05) is 22.8 Å². The Labute approximate surface area is 146 Å². The molecule has 1 aliphatic carbocycles. The van der Waals surface area contributed by atoms with E-state index in [-0.39, 0.29) is 17.6 Å². The summed E-state index contributed by atoms with van der Waals surface area (Å²) in [5.74, 6) is -0.0423. The molecule has 7 heteroatoms. The summed E-state index contributed by atoms with van der Waals surface area (Å²) < 4.78 is 15.2. The van der Waals surface area contributed by atoms with Crippen LogP contribution >= 0.6 is 0 Å². The summed E-state index contributed by atoms with van der Waals surface area (Å²) in [6, 6.07) is 1.50. The molecule has 0 saturated carbocycles. The fourth-order valence-electron chi connectivity index (χ4n) is 3.87. The number of carbonyl (C=O) groups excluding carboxylic acids is 1. The standard InChI is InChI=1S/C18H22FN5O/c1-22-17-8-13(2-3-14(17)10-21-22)18(25)24-6-4-23(5-7-24)16-9-15(19)11-20-12-16/h9-13H,2-8H2,1H3. The van der Waals surface area contributed by atoms with Crippen molar-refractivity contribution in [2.24, 2.45) is 13.0 Å². The van der Waals surface area contributed by atoms with Crippen LogP contribution in [0.4, 0.5) is 10.1 Å². The fourth-order valence-corrected chi connectivity index (χ4v) is 3.87. The van der Waals surface area contributed by atoms with Crippen molar-refractivity contribution in [1.82, 2.24) is 19.7 Å². The first-order valence-electron chi connectivity index (χ1n) is 8.76. The molecule has 6 nitrogen and oxygen atoms in total. The van der Waals surface area contributed by atoms with Crippen LogP contribution in [0, 0.1) is 11.7 Å². The van der Waals surface area contributed by atoms with Crippen LogP contribution in [0.2, 0.25) is 0 Å². The molecular weight excluding hydrogens is 321 g/mol. The Morgan fingerprint density at radius 3 is 2.76 bits per heavy atom. The number of fused-ring (bicyclic) bond motifs is 1. The van der Waals surface area contributed by atoms with E-state index in [9.17, 15) is 9.18 Å². The lowest BCUT2D eigenvalue weighted by atomic mass is 9.87. The maximum atomic E-state index is 13.3. The van der Waals surface area contributed by atoms with Crippen molar-refractivity contribution in [1.29, 1.82) is 0 Å². The van der Waals surface area contributed by atoms with E-state index in [1.165, 1.54) is 23.5 Å². The van der Waals surface area contributed by atoms with Crippen molar-refractivity contribution in [3.8, 4) is 0 Å². The predicted octanol–water partition coefficient (Wildman–Crippen LogP) is 1.41. The molecule has 0 N–H and O–H groups in total. The molecule has 2 aliphatic rings. The van der Waals surface area contributed by atoms with Crippen LogP contribution < -0.4 is 4.90 Å². The molecule has 3 heterocycles. The van der Waals surface area contributed by atoms with Gasteiger partial charge in [-0.25, -0.2) is 4.39 Å². The van der Waals surface area contributed by atoms with E-state index >= 15 is 0 Å². The molecule has 1 saturated heterocycles. The molecule has 0 bridgehead atoms. The van der Waals surface area contributed by atoms with Crippen LogP contribution in [0.25, 0.3) is 0 Å². The van der Waals surface area contributed by atoms with Gasteiger partial charge in [-0.2, -0.15) is 5.10 Å². The smallest absolute Gasteiger partial charge is 0.226 e. The zero-order valence-corrected chi connectivity index (χ0v) is 14.4. The monoisotopic (exact) mass is 343 g/mol. The van der Waals surface area contributed by atoms with Gasteiger partial charge in [-0.15, -0.1) is 0 Å². The lowest BCUT2D eigenvalue weighted by molar-refractivity contribution is -0.136. The number of rotatable bonds is 2. The summed E-state index contributed by atoms with van der Waals surface area (Å²) in [5, 5.41) is 4.30.